The second-order valence-electron chi connectivity index (χ2n) is 3.42. The van der Waals surface area contributed by atoms with Gasteiger partial charge in [0.05, 0.1) is 20.1 Å². The Bertz CT molecular complexity index is 365. The van der Waals surface area contributed by atoms with Crippen molar-refractivity contribution in [1.29, 1.82) is 0 Å². The van der Waals surface area contributed by atoms with Gasteiger partial charge in [0.15, 0.2) is 0 Å². The van der Waals surface area contributed by atoms with E-state index in [1.165, 1.54) is 7.11 Å². The molecule has 5 nitrogen and oxygen atoms in total. The molecule has 0 aromatic heterocycles. The fraction of sp³-hybridized carbons (Fsp3) is 0.333. The number of carbonyl (C=O) groups is 2. The molecule has 0 aliphatic rings. The van der Waals surface area contributed by atoms with Crippen LogP contribution in [0.15, 0.2) is 30.3 Å². The molecular formula is C12H16N2O3. The third-order valence-corrected chi connectivity index (χ3v) is 2.08. The van der Waals surface area contributed by atoms with Crippen LogP contribution in [0.1, 0.15) is 6.42 Å². The number of amides is 1. The summed E-state index contributed by atoms with van der Waals surface area (Å²) in [5.41, 5.74) is 0.757. The van der Waals surface area contributed by atoms with Gasteiger partial charge >= 0.3 is 5.97 Å². The van der Waals surface area contributed by atoms with E-state index in [1.54, 1.807) is 0 Å². The highest BCUT2D eigenvalue weighted by molar-refractivity contribution is 5.92. The van der Waals surface area contributed by atoms with Gasteiger partial charge in [-0.1, -0.05) is 18.2 Å². The Balaban J connectivity index is 2.16. The van der Waals surface area contributed by atoms with Gasteiger partial charge in [0, 0.05) is 12.2 Å². The number of anilines is 1. The average molecular weight is 236 g/mol. The third kappa shape index (κ3) is 5.67. The Morgan fingerprint density at radius 2 is 1.94 bits per heavy atom. The summed E-state index contributed by atoms with van der Waals surface area (Å²) in [5.74, 6) is -0.429. The molecule has 0 bridgehead atoms. The first kappa shape index (κ1) is 13.2. The van der Waals surface area contributed by atoms with Crippen molar-refractivity contribution in [3.05, 3.63) is 30.3 Å². The van der Waals surface area contributed by atoms with Crippen molar-refractivity contribution < 1.29 is 14.3 Å². The highest BCUT2D eigenvalue weighted by Gasteiger charge is 2.02. The van der Waals surface area contributed by atoms with Gasteiger partial charge in [0.2, 0.25) is 5.91 Å². The minimum absolute atomic E-state index is 0.138. The number of rotatable bonds is 6. The summed E-state index contributed by atoms with van der Waals surface area (Å²) in [6.07, 6.45) is 0.259. The van der Waals surface area contributed by atoms with Crippen LogP contribution >= 0.6 is 0 Å². The summed E-state index contributed by atoms with van der Waals surface area (Å²) in [7, 11) is 1.34. The Hall–Kier alpha value is -1.88. The van der Waals surface area contributed by atoms with Crippen molar-refractivity contribution in [3.63, 3.8) is 0 Å². The van der Waals surface area contributed by atoms with Gasteiger partial charge in [0.1, 0.15) is 0 Å². The molecule has 1 amide bonds. The molecule has 0 atom stereocenters. The lowest BCUT2D eigenvalue weighted by Crippen LogP contribution is -2.29. The number of methoxy groups -OCH3 is 1. The summed E-state index contributed by atoms with van der Waals surface area (Å²) in [4.78, 5) is 22.2. The van der Waals surface area contributed by atoms with E-state index in [0.717, 1.165) is 5.69 Å². The van der Waals surface area contributed by atoms with E-state index in [2.05, 4.69) is 15.4 Å². The summed E-state index contributed by atoms with van der Waals surface area (Å²) in [6, 6.07) is 9.20. The monoisotopic (exact) mass is 236 g/mol. The van der Waals surface area contributed by atoms with Gasteiger partial charge in [-0.3, -0.25) is 9.59 Å². The van der Waals surface area contributed by atoms with Crippen LogP contribution in [-0.2, 0) is 14.3 Å². The molecule has 0 saturated carbocycles. The van der Waals surface area contributed by atoms with Crippen LogP contribution in [0, 0.1) is 0 Å². The smallest absolute Gasteiger partial charge is 0.306 e. The second kappa shape index (κ2) is 7.40. The Morgan fingerprint density at radius 1 is 1.24 bits per heavy atom. The van der Waals surface area contributed by atoms with Crippen LogP contribution in [-0.4, -0.2) is 32.1 Å². The van der Waals surface area contributed by atoms with Crippen LogP contribution < -0.4 is 10.6 Å². The number of hydrogen-bond acceptors (Lipinski definition) is 4. The van der Waals surface area contributed by atoms with Crippen molar-refractivity contribution in [1.82, 2.24) is 5.32 Å². The summed E-state index contributed by atoms with van der Waals surface area (Å²) >= 11 is 0. The van der Waals surface area contributed by atoms with E-state index in [9.17, 15) is 9.59 Å². The van der Waals surface area contributed by atoms with E-state index >= 15 is 0 Å². The maximum atomic E-state index is 11.4. The predicted octanol–water partition coefficient (Wildman–Crippen LogP) is 0.778. The third-order valence-electron chi connectivity index (χ3n) is 2.08. The highest BCUT2D eigenvalue weighted by atomic mass is 16.5. The fourth-order valence-electron chi connectivity index (χ4n) is 1.22. The Kier molecular flexibility index (Phi) is 5.74. The molecule has 17 heavy (non-hydrogen) atoms. The molecule has 0 aliphatic heterocycles. The zero-order valence-electron chi connectivity index (χ0n) is 9.73. The lowest BCUT2D eigenvalue weighted by Gasteiger charge is -2.05. The lowest BCUT2D eigenvalue weighted by molar-refractivity contribution is -0.140. The Labute approximate surface area is 100 Å². The van der Waals surface area contributed by atoms with Crippen LogP contribution in [0.5, 0.6) is 0 Å². The van der Waals surface area contributed by atoms with Gasteiger partial charge in [-0.05, 0) is 12.1 Å². The molecule has 2 N–H and O–H groups in total. The molecule has 92 valence electrons. The molecule has 1 aromatic rings. The number of esters is 1. The van der Waals surface area contributed by atoms with Gasteiger partial charge in [-0.15, -0.1) is 0 Å². The molecule has 1 aromatic carbocycles. The van der Waals surface area contributed by atoms with Gasteiger partial charge in [-0.2, -0.15) is 0 Å². The molecule has 0 spiro atoms. The summed E-state index contributed by atoms with van der Waals surface area (Å²) in [5, 5.41) is 5.58. The zero-order valence-corrected chi connectivity index (χ0v) is 9.73. The zero-order chi connectivity index (χ0) is 12.5. The SMILES string of the molecule is COC(=O)CCNCC(=O)Nc1ccccc1. The van der Waals surface area contributed by atoms with Crippen LogP contribution in [0.4, 0.5) is 5.69 Å². The first-order valence-electron chi connectivity index (χ1n) is 5.35. The first-order chi connectivity index (χ1) is 8.22. The molecule has 0 unspecified atom stereocenters. The van der Waals surface area contributed by atoms with Crippen molar-refractivity contribution in [2.45, 2.75) is 6.42 Å². The quantitative estimate of drug-likeness (QED) is 0.565. The average Bonchev–Trinajstić information content (AvgIpc) is 2.35. The first-order valence-corrected chi connectivity index (χ1v) is 5.35. The number of nitrogens with one attached hydrogen (secondary N) is 2. The van der Waals surface area contributed by atoms with E-state index in [1.807, 2.05) is 30.3 Å². The van der Waals surface area contributed by atoms with Crippen molar-refractivity contribution in [3.8, 4) is 0 Å². The van der Waals surface area contributed by atoms with Crippen LogP contribution in [0.25, 0.3) is 0 Å². The van der Waals surface area contributed by atoms with Gasteiger partial charge < -0.3 is 15.4 Å². The molecule has 0 heterocycles. The number of carbonyl (C=O) groups excluding carboxylic acids is 2. The topological polar surface area (TPSA) is 67.4 Å². The molecule has 0 saturated heterocycles. The molecule has 0 radical (unpaired) electrons. The minimum atomic E-state index is -0.291. The molecule has 0 fully saturated rings. The fourth-order valence-corrected chi connectivity index (χ4v) is 1.22. The highest BCUT2D eigenvalue weighted by Crippen LogP contribution is 2.03. The molecule has 5 heteroatoms. The predicted molar refractivity (Wildman–Crippen MR) is 64.6 cm³/mol. The number of benzene rings is 1. The van der Waals surface area contributed by atoms with Crippen LogP contribution in [0.2, 0.25) is 0 Å². The van der Waals surface area contributed by atoms with E-state index in [0.29, 0.717) is 6.54 Å². The number of ether oxygens (including phenoxy) is 1. The Morgan fingerprint density at radius 3 is 2.59 bits per heavy atom. The number of para-hydroxylation sites is 1. The maximum Gasteiger partial charge on any atom is 0.306 e. The molecular weight excluding hydrogens is 220 g/mol. The van der Waals surface area contributed by atoms with Crippen molar-refractivity contribution >= 4 is 17.6 Å². The van der Waals surface area contributed by atoms with Gasteiger partial charge in [-0.25, -0.2) is 0 Å². The van der Waals surface area contributed by atoms with Crippen molar-refractivity contribution in [2.75, 3.05) is 25.5 Å². The molecule has 1 rings (SSSR count). The van der Waals surface area contributed by atoms with Gasteiger partial charge in [0.25, 0.3) is 0 Å². The van der Waals surface area contributed by atoms with Crippen LogP contribution in [0.3, 0.4) is 0 Å². The summed E-state index contributed by atoms with van der Waals surface area (Å²) in [6.45, 7) is 0.598. The standard InChI is InChI=1S/C12H16N2O3/c1-17-12(16)7-8-13-9-11(15)14-10-5-3-2-4-6-10/h2-6,13H,7-9H2,1H3,(H,14,15). The number of hydrogen-bond donors (Lipinski definition) is 2. The van der Waals surface area contributed by atoms with Crippen molar-refractivity contribution in [2.24, 2.45) is 0 Å². The second-order valence-corrected chi connectivity index (χ2v) is 3.42. The minimum Gasteiger partial charge on any atom is -0.469 e. The maximum absolute atomic E-state index is 11.4. The largest absolute Gasteiger partial charge is 0.469 e. The van der Waals surface area contributed by atoms with E-state index in [4.69, 9.17) is 0 Å². The van der Waals surface area contributed by atoms with E-state index < -0.39 is 0 Å². The lowest BCUT2D eigenvalue weighted by atomic mass is 10.3. The van der Waals surface area contributed by atoms with E-state index in [-0.39, 0.29) is 24.8 Å². The molecule has 0 aliphatic carbocycles. The normalized spacial score (nSPS) is 9.71. The summed E-state index contributed by atoms with van der Waals surface area (Å²) < 4.78 is 4.47.